The lowest BCUT2D eigenvalue weighted by Crippen LogP contribution is -1.93. The van der Waals surface area contributed by atoms with Crippen molar-refractivity contribution in [3.8, 4) is 11.1 Å². The van der Waals surface area contributed by atoms with E-state index in [1.165, 1.54) is 6.07 Å². The molecule has 0 fully saturated rings. The summed E-state index contributed by atoms with van der Waals surface area (Å²) in [6, 6.07) is 7.37. The minimum atomic E-state index is -0.525. The fraction of sp³-hybridized carbons (Fsp3) is 0.154. The summed E-state index contributed by atoms with van der Waals surface area (Å²) in [7, 11) is 0. The van der Waals surface area contributed by atoms with Crippen molar-refractivity contribution in [3.05, 3.63) is 56.9 Å². The Kier molecular flexibility index (Phi) is 3.30. The number of aryl methyl sites for hydroxylation is 2. The number of hydrogen-bond acceptors (Lipinski definition) is 3. The van der Waals surface area contributed by atoms with Crippen molar-refractivity contribution >= 4 is 17.3 Å². The summed E-state index contributed by atoms with van der Waals surface area (Å²) < 4.78 is 0. The summed E-state index contributed by atoms with van der Waals surface area (Å²) in [5.41, 5.74) is 3.65. The Hall–Kier alpha value is -1.94. The van der Waals surface area contributed by atoms with Gasteiger partial charge >= 0.3 is 5.69 Å². The Labute approximate surface area is 109 Å². The number of benzene rings is 1. The van der Waals surface area contributed by atoms with Crippen LogP contribution in [-0.4, -0.2) is 9.91 Å². The SMILES string of the molecule is Cc1ccc(-c2cnc(Cl)c([N+](=O)[O-])c2)c(C)c1. The number of rotatable bonds is 2. The summed E-state index contributed by atoms with van der Waals surface area (Å²) in [5.74, 6) is 0. The molecule has 0 spiro atoms. The first-order valence-electron chi connectivity index (χ1n) is 5.36. The van der Waals surface area contributed by atoms with Gasteiger partial charge in [-0.2, -0.15) is 0 Å². The second-order valence-corrected chi connectivity index (χ2v) is 4.47. The van der Waals surface area contributed by atoms with Gasteiger partial charge in [0.1, 0.15) is 0 Å². The number of hydrogen-bond donors (Lipinski definition) is 0. The Morgan fingerprint density at radius 1 is 1.28 bits per heavy atom. The van der Waals surface area contributed by atoms with Crippen LogP contribution in [0.3, 0.4) is 0 Å². The minimum Gasteiger partial charge on any atom is -0.258 e. The van der Waals surface area contributed by atoms with Crippen LogP contribution in [0.15, 0.2) is 30.5 Å². The smallest absolute Gasteiger partial charge is 0.258 e. The Morgan fingerprint density at radius 2 is 2.00 bits per heavy atom. The molecule has 1 heterocycles. The molecule has 0 aliphatic carbocycles. The van der Waals surface area contributed by atoms with E-state index in [4.69, 9.17) is 11.6 Å². The molecule has 0 aliphatic heterocycles. The molecule has 1 aromatic carbocycles. The summed E-state index contributed by atoms with van der Waals surface area (Å²) in [6.07, 6.45) is 1.55. The van der Waals surface area contributed by atoms with E-state index in [0.717, 1.165) is 16.7 Å². The van der Waals surface area contributed by atoms with E-state index in [0.29, 0.717) is 5.56 Å². The lowest BCUT2D eigenvalue weighted by Gasteiger charge is -2.07. The quantitative estimate of drug-likeness (QED) is 0.468. The average Bonchev–Trinajstić information content (AvgIpc) is 2.30. The standard InChI is InChI=1S/C13H11ClN2O2/c1-8-3-4-11(9(2)5-8)10-6-12(16(17)18)13(14)15-7-10/h3-7H,1-2H3. The molecule has 1 aromatic heterocycles. The van der Waals surface area contributed by atoms with Crippen LogP contribution >= 0.6 is 11.6 Å². The zero-order chi connectivity index (χ0) is 13.3. The van der Waals surface area contributed by atoms with Crippen LogP contribution in [0, 0.1) is 24.0 Å². The van der Waals surface area contributed by atoms with Gasteiger partial charge in [0.15, 0.2) is 0 Å². The first kappa shape index (κ1) is 12.5. The largest absolute Gasteiger partial charge is 0.307 e. The molecule has 0 bridgehead atoms. The number of pyridine rings is 1. The fourth-order valence-electron chi connectivity index (χ4n) is 1.85. The number of aromatic nitrogens is 1. The van der Waals surface area contributed by atoms with E-state index in [9.17, 15) is 10.1 Å². The van der Waals surface area contributed by atoms with Crippen molar-refractivity contribution in [2.75, 3.05) is 0 Å². The van der Waals surface area contributed by atoms with Crippen molar-refractivity contribution in [1.29, 1.82) is 0 Å². The van der Waals surface area contributed by atoms with Crippen LogP contribution in [-0.2, 0) is 0 Å². The van der Waals surface area contributed by atoms with Gasteiger partial charge in [-0.15, -0.1) is 0 Å². The van der Waals surface area contributed by atoms with Gasteiger partial charge in [0, 0.05) is 17.8 Å². The third kappa shape index (κ3) is 2.33. The van der Waals surface area contributed by atoms with E-state index in [1.54, 1.807) is 6.20 Å². The fourth-order valence-corrected chi connectivity index (χ4v) is 2.02. The van der Waals surface area contributed by atoms with Gasteiger partial charge in [-0.1, -0.05) is 35.4 Å². The normalized spacial score (nSPS) is 10.4. The van der Waals surface area contributed by atoms with Crippen molar-refractivity contribution in [2.45, 2.75) is 13.8 Å². The lowest BCUT2D eigenvalue weighted by molar-refractivity contribution is -0.385. The molecule has 0 unspecified atom stereocenters. The molecular formula is C13H11ClN2O2. The topological polar surface area (TPSA) is 56.0 Å². The lowest BCUT2D eigenvalue weighted by atomic mass is 10.00. The van der Waals surface area contributed by atoms with E-state index in [2.05, 4.69) is 4.98 Å². The second kappa shape index (κ2) is 4.74. The Morgan fingerprint density at radius 3 is 2.61 bits per heavy atom. The van der Waals surface area contributed by atoms with Crippen LogP contribution in [0.5, 0.6) is 0 Å². The molecule has 0 N–H and O–H groups in total. The molecule has 18 heavy (non-hydrogen) atoms. The molecule has 0 atom stereocenters. The molecule has 4 nitrogen and oxygen atoms in total. The van der Waals surface area contributed by atoms with E-state index in [-0.39, 0.29) is 10.8 Å². The predicted octanol–water partition coefficient (Wildman–Crippen LogP) is 3.93. The maximum Gasteiger partial charge on any atom is 0.307 e. The van der Waals surface area contributed by atoms with Crippen LogP contribution < -0.4 is 0 Å². The Bertz CT molecular complexity index is 626. The van der Waals surface area contributed by atoms with Crippen molar-refractivity contribution in [3.63, 3.8) is 0 Å². The van der Waals surface area contributed by atoms with Crippen LogP contribution in [0.1, 0.15) is 11.1 Å². The van der Waals surface area contributed by atoms with Crippen molar-refractivity contribution in [2.24, 2.45) is 0 Å². The highest BCUT2D eigenvalue weighted by Crippen LogP contribution is 2.30. The summed E-state index contributed by atoms with van der Waals surface area (Å²) in [6.45, 7) is 3.96. The van der Waals surface area contributed by atoms with Gasteiger partial charge in [0.2, 0.25) is 5.15 Å². The molecular weight excluding hydrogens is 252 g/mol. The second-order valence-electron chi connectivity index (χ2n) is 4.11. The van der Waals surface area contributed by atoms with Gasteiger partial charge in [0.05, 0.1) is 4.92 Å². The van der Waals surface area contributed by atoms with Crippen LogP contribution in [0.2, 0.25) is 5.15 Å². The van der Waals surface area contributed by atoms with Gasteiger partial charge in [-0.25, -0.2) is 4.98 Å². The van der Waals surface area contributed by atoms with Crippen LogP contribution in [0.25, 0.3) is 11.1 Å². The van der Waals surface area contributed by atoms with Gasteiger partial charge in [0.25, 0.3) is 0 Å². The molecule has 0 saturated carbocycles. The van der Waals surface area contributed by atoms with Crippen LogP contribution in [0.4, 0.5) is 5.69 Å². The highest BCUT2D eigenvalue weighted by molar-refractivity contribution is 6.31. The molecule has 0 radical (unpaired) electrons. The molecule has 2 aromatic rings. The van der Waals surface area contributed by atoms with Gasteiger partial charge in [-0.05, 0) is 25.0 Å². The molecule has 2 rings (SSSR count). The van der Waals surface area contributed by atoms with E-state index >= 15 is 0 Å². The summed E-state index contributed by atoms with van der Waals surface area (Å²) >= 11 is 5.69. The third-order valence-corrected chi connectivity index (χ3v) is 3.00. The highest BCUT2D eigenvalue weighted by atomic mass is 35.5. The zero-order valence-electron chi connectivity index (χ0n) is 9.98. The highest BCUT2D eigenvalue weighted by Gasteiger charge is 2.15. The maximum atomic E-state index is 10.8. The maximum absolute atomic E-state index is 10.8. The minimum absolute atomic E-state index is 0.0893. The van der Waals surface area contributed by atoms with Gasteiger partial charge < -0.3 is 0 Å². The number of nitro groups is 1. The number of halogens is 1. The molecule has 92 valence electrons. The molecule has 5 heteroatoms. The Balaban J connectivity index is 2.58. The predicted molar refractivity (Wildman–Crippen MR) is 70.8 cm³/mol. The third-order valence-electron chi connectivity index (χ3n) is 2.71. The first-order chi connectivity index (χ1) is 8.49. The van der Waals surface area contributed by atoms with E-state index in [1.807, 2.05) is 32.0 Å². The zero-order valence-corrected chi connectivity index (χ0v) is 10.7. The van der Waals surface area contributed by atoms with Crippen molar-refractivity contribution < 1.29 is 4.92 Å². The first-order valence-corrected chi connectivity index (χ1v) is 5.74. The number of nitrogens with zero attached hydrogens (tertiary/aromatic N) is 2. The average molecular weight is 263 g/mol. The monoisotopic (exact) mass is 262 g/mol. The summed E-state index contributed by atoms with van der Waals surface area (Å²) in [5, 5.41) is 10.7. The van der Waals surface area contributed by atoms with E-state index < -0.39 is 4.92 Å². The molecule has 0 amide bonds. The summed E-state index contributed by atoms with van der Waals surface area (Å²) in [4.78, 5) is 14.2. The van der Waals surface area contributed by atoms with Gasteiger partial charge in [-0.3, -0.25) is 10.1 Å². The molecule has 0 aliphatic rings. The van der Waals surface area contributed by atoms with Crippen molar-refractivity contribution in [1.82, 2.24) is 4.98 Å². The molecule has 0 saturated heterocycles.